The number of aromatic nitrogens is 1. The Labute approximate surface area is 108 Å². The Morgan fingerprint density at radius 2 is 1.83 bits per heavy atom. The zero-order valence-corrected chi connectivity index (χ0v) is 10.3. The first-order valence-electron chi connectivity index (χ1n) is 4.97. The highest BCUT2D eigenvalue weighted by atomic mass is 32.1. The van der Waals surface area contributed by atoms with Gasteiger partial charge in [-0.25, -0.2) is 4.85 Å². The number of nitrogens with zero attached hydrogens (tertiary/aromatic N) is 5. The Morgan fingerprint density at radius 1 is 1.11 bits per heavy atom. The molecule has 0 spiro atoms. The summed E-state index contributed by atoms with van der Waals surface area (Å²) in [4.78, 5) is 10.3. The van der Waals surface area contributed by atoms with E-state index < -0.39 is 0 Å². The van der Waals surface area contributed by atoms with E-state index in [1.807, 2.05) is 31.2 Å². The van der Waals surface area contributed by atoms with Crippen molar-refractivity contribution in [2.75, 3.05) is 0 Å². The highest BCUT2D eigenvalue weighted by Crippen LogP contribution is 2.39. The zero-order chi connectivity index (χ0) is 13.0. The molecule has 0 aliphatic heterocycles. The SMILES string of the molecule is [C-]#[N+]c1nc(N=Nc2ccc(C)cc2)sc1[N+]#[C-]. The third-order valence-electron chi connectivity index (χ3n) is 2.07. The lowest BCUT2D eigenvalue weighted by molar-refractivity contribution is 1.20. The molecule has 0 atom stereocenters. The molecule has 2 rings (SSSR count). The van der Waals surface area contributed by atoms with Gasteiger partial charge in [0.05, 0.1) is 12.3 Å². The maximum Gasteiger partial charge on any atom is 0.309 e. The highest BCUT2D eigenvalue weighted by molar-refractivity contribution is 7.19. The highest BCUT2D eigenvalue weighted by Gasteiger charge is 2.12. The second-order valence-corrected chi connectivity index (χ2v) is 4.34. The van der Waals surface area contributed by atoms with Crippen LogP contribution in [0.5, 0.6) is 0 Å². The molecular formula is C12H7N5S. The smallest absolute Gasteiger partial charge is 0.309 e. The van der Waals surface area contributed by atoms with Gasteiger partial charge in [-0.2, -0.15) is 0 Å². The zero-order valence-electron chi connectivity index (χ0n) is 9.45. The summed E-state index contributed by atoms with van der Waals surface area (Å²) in [6, 6.07) is 7.56. The van der Waals surface area contributed by atoms with Gasteiger partial charge in [-0.05, 0) is 19.1 Å². The summed E-state index contributed by atoms with van der Waals surface area (Å²) in [6.07, 6.45) is 0. The van der Waals surface area contributed by atoms with Crippen LogP contribution in [0.3, 0.4) is 0 Å². The average molecular weight is 253 g/mol. The van der Waals surface area contributed by atoms with Crippen LogP contribution in [0.25, 0.3) is 9.69 Å². The molecule has 0 saturated heterocycles. The molecule has 0 amide bonds. The van der Waals surface area contributed by atoms with Crippen LogP contribution in [0.15, 0.2) is 34.5 Å². The van der Waals surface area contributed by atoms with Gasteiger partial charge in [-0.1, -0.05) is 45.7 Å². The molecular weight excluding hydrogens is 246 g/mol. The van der Waals surface area contributed by atoms with Gasteiger partial charge in [0, 0.05) is 0 Å². The lowest BCUT2D eigenvalue weighted by Crippen LogP contribution is -1.67. The number of rotatable bonds is 2. The van der Waals surface area contributed by atoms with E-state index in [1.54, 1.807) is 0 Å². The van der Waals surface area contributed by atoms with Gasteiger partial charge in [-0.3, -0.25) is 0 Å². The Bertz CT molecular complexity index is 638. The maximum atomic E-state index is 6.90. The van der Waals surface area contributed by atoms with Crippen LogP contribution in [-0.2, 0) is 0 Å². The fourth-order valence-corrected chi connectivity index (χ4v) is 1.81. The van der Waals surface area contributed by atoms with Crippen LogP contribution in [0.1, 0.15) is 5.56 Å². The van der Waals surface area contributed by atoms with E-state index in [1.165, 1.54) is 0 Å². The molecule has 5 nitrogen and oxygen atoms in total. The minimum absolute atomic E-state index is 0.0906. The number of aryl methyl sites for hydroxylation is 1. The molecule has 6 heteroatoms. The maximum absolute atomic E-state index is 6.90. The Kier molecular flexibility index (Phi) is 3.42. The van der Waals surface area contributed by atoms with Crippen molar-refractivity contribution in [3.63, 3.8) is 0 Å². The van der Waals surface area contributed by atoms with Crippen LogP contribution in [0.2, 0.25) is 0 Å². The average Bonchev–Trinajstić information content (AvgIpc) is 2.80. The molecule has 1 heterocycles. The molecule has 1 aromatic carbocycles. The summed E-state index contributed by atoms with van der Waals surface area (Å²) in [5.41, 5.74) is 1.86. The Hall–Kier alpha value is -2.57. The van der Waals surface area contributed by atoms with Crippen molar-refractivity contribution in [2.24, 2.45) is 10.2 Å². The molecule has 2 aromatic rings. The van der Waals surface area contributed by atoms with E-state index >= 15 is 0 Å². The van der Waals surface area contributed by atoms with E-state index in [4.69, 9.17) is 13.1 Å². The predicted octanol–water partition coefficient (Wildman–Crippen LogP) is 4.97. The molecule has 0 saturated carbocycles. The molecule has 0 unspecified atom stereocenters. The van der Waals surface area contributed by atoms with Gasteiger partial charge < -0.3 is 4.85 Å². The molecule has 0 aliphatic carbocycles. The first-order chi connectivity index (χ1) is 8.72. The van der Waals surface area contributed by atoms with Gasteiger partial charge in [-0.15, -0.1) is 5.11 Å². The van der Waals surface area contributed by atoms with Crippen molar-refractivity contribution >= 4 is 33.0 Å². The van der Waals surface area contributed by atoms with E-state index in [0.29, 0.717) is 10.8 Å². The third-order valence-corrected chi connectivity index (χ3v) is 2.90. The molecule has 86 valence electrons. The van der Waals surface area contributed by atoms with Crippen molar-refractivity contribution in [3.05, 3.63) is 52.7 Å². The number of azo groups is 1. The topological polar surface area (TPSA) is 46.3 Å². The van der Waals surface area contributed by atoms with Gasteiger partial charge >= 0.3 is 5.13 Å². The first kappa shape index (κ1) is 11.9. The molecule has 18 heavy (non-hydrogen) atoms. The molecule has 0 radical (unpaired) electrons. The van der Waals surface area contributed by atoms with E-state index in [9.17, 15) is 0 Å². The van der Waals surface area contributed by atoms with Crippen molar-refractivity contribution in [1.29, 1.82) is 0 Å². The van der Waals surface area contributed by atoms with E-state index in [0.717, 1.165) is 16.9 Å². The summed E-state index contributed by atoms with van der Waals surface area (Å²) >= 11 is 1.07. The van der Waals surface area contributed by atoms with Crippen molar-refractivity contribution in [1.82, 2.24) is 4.98 Å². The number of hydrogen-bond donors (Lipinski definition) is 0. The number of thiazole rings is 1. The first-order valence-corrected chi connectivity index (χ1v) is 5.78. The van der Waals surface area contributed by atoms with Gasteiger partial charge in [0.2, 0.25) is 0 Å². The van der Waals surface area contributed by atoms with Crippen LogP contribution in [0.4, 0.5) is 21.6 Å². The lowest BCUT2D eigenvalue weighted by Gasteiger charge is -1.91. The summed E-state index contributed by atoms with van der Waals surface area (Å²) in [7, 11) is 0. The normalized spacial score (nSPS) is 10.2. The second-order valence-electron chi connectivity index (χ2n) is 3.38. The lowest BCUT2D eigenvalue weighted by atomic mass is 10.2. The number of benzene rings is 1. The quantitative estimate of drug-likeness (QED) is 0.550. The van der Waals surface area contributed by atoms with E-state index in [2.05, 4.69) is 24.9 Å². The van der Waals surface area contributed by atoms with Crippen molar-refractivity contribution in [2.45, 2.75) is 6.92 Å². The summed E-state index contributed by atoms with van der Waals surface area (Å²) < 4.78 is 0. The second kappa shape index (κ2) is 5.17. The summed E-state index contributed by atoms with van der Waals surface area (Å²) in [6.45, 7) is 15.8. The molecule has 0 aliphatic rings. The fraction of sp³-hybridized carbons (Fsp3) is 0.0833. The molecule has 0 bridgehead atoms. The van der Waals surface area contributed by atoms with Gasteiger partial charge in [0.15, 0.2) is 0 Å². The largest absolute Gasteiger partial charge is 0.370 e. The van der Waals surface area contributed by atoms with Crippen molar-refractivity contribution < 1.29 is 0 Å². The monoisotopic (exact) mass is 253 g/mol. The molecule has 1 aromatic heterocycles. The molecule has 0 N–H and O–H groups in total. The standard InChI is InChI=1S/C12H7N5S/c1-8-4-6-9(7-5-8)16-17-12-15-10(13-2)11(14-3)18-12/h4-7H,1H3. The predicted molar refractivity (Wildman–Crippen MR) is 70.0 cm³/mol. The molecule has 0 fully saturated rings. The van der Waals surface area contributed by atoms with Gasteiger partial charge in [0.25, 0.3) is 10.8 Å². The minimum Gasteiger partial charge on any atom is -0.370 e. The van der Waals surface area contributed by atoms with Crippen molar-refractivity contribution in [3.8, 4) is 0 Å². The minimum atomic E-state index is 0.0906. The Morgan fingerprint density at radius 3 is 2.39 bits per heavy atom. The van der Waals surface area contributed by atoms with Crippen LogP contribution in [-0.4, -0.2) is 4.98 Å². The van der Waals surface area contributed by atoms with Gasteiger partial charge in [0.1, 0.15) is 0 Å². The summed E-state index contributed by atoms with van der Waals surface area (Å²) in [5, 5.41) is 8.52. The van der Waals surface area contributed by atoms with Crippen LogP contribution in [0, 0.1) is 20.1 Å². The van der Waals surface area contributed by atoms with Crippen LogP contribution >= 0.6 is 11.3 Å². The summed E-state index contributed by atoms with van der Waals surface area (Å²) in [5.74, 6) is 0.0906. The number of hydrogen-bond acceptors (Lipinski definition) is 4. The van der Waals surface area contributed by atoms with E-state index in [-0.39, 0.29) is 10.8 Å². The third kappa shape index (κ3) is 2.57. The van der Waals surface area contributed by atoms with Crippen LogP contribution < -0.4 is 0 Å². The fourth-order valence-electron chi connectivity index (χ4n) is 1.19. The Balaban J connectivity index is 2.24.